The van der Waals surface area contributed by atoms with E-state index < -0.39 is 10.0 Å². The molecule has 0 aliphatic rings. The summed E-state index contributed by atoms with van der Waals surface area (Å²) < 4.78 is 27.3. The lowest BCUT2D eigenvalue weighted by atomic mass is 10.2. The minimum Gasteiger partial charge on any atom is -0.375 e. The Kier molecular flexibility index (Phi) is 4.61. The summed E-state index contributed by atoms with van der Waals surface area (Å²) in [6.07, 6.45) is 2.62. The molecule has 0 saturated carbocycles. The average Bonchev–Trinajstić information content (AvgIpc) is 2.38. The third kappa shape index (κ3) is 3.40. The van der Waals surface area contributed by atoms with Crippen LogP contribution in [0.5, 0.6) is 0 Å². The molecule has 1 aromatic carbocycles. The van der Waals surface area contributed by atoms with E-state index in [9.17, 15) is 8.42 Å². The standard InChI is InChI=1S/C13H13Cl2N3O2S/c1-18(2)13-10(15)4-3-5-11(13)17-21(19,20)12-8-16-7-6-9(12)14/h3-8,17H,1-2H3. The van der Waals surface area contributed by atoms with Gasteiger partial charge in [-0.15, -0.1) is 0 Å². The fraction of sp³-hybridized carbons (Fsp3) is 0.154. The highest BCUT2D eigenvalue weighted by Gasteiger charge is 2.20. The molecule has 2 rings (SSSR count). The lowest BCUT2D eigenvalue weighted by Gasteiger charge is -2.20. The van der Waals surface area contributed by atoms with Crippen molar-refractivity contribution < 1.29 is 8.42 Å². The fourth-order valence-corrected chi connectivity index (χ4v) is 3.65. The van der Waals surface area contributed by atoms with Crippen LogP contribution in [0.15, 0.2) is 41.6 Å². The van der Waals surface area contributed by atoms with E-state index in [1.165, 1.54) is 18.5 Å². The molecule has 0 bridgehead atoms. The van der Waals surface area contributed by atoms with Crippen molar-refractivity contribution in [1.29, 1.82) is 0 Å². The molecule has 2 aromatic rings. The topological polar surface area (TPSA) is 62.3 Å². The van der Waals surface area contributed by atoms with Gasteiger partial charge in [-0.25, -0.2) is 8.42 Å². The molecule has 0 amide bonds. The number of hydrogen-bond donors (Lipinski definition) is 1. The number of aromatic nitrogens is 1. The van der Waals surface area contributed by atoms with Crippen molar-refractivity contribution >= 4 is 44.6 Å². The number of benzene rings is 1. The van der Waals surface area contributed by atoms with Crippen LogP contribution in [-0.4, -0.2) is 27.5 Å². The number of hydrogen-bond acceptors (Lipinski definition) is 4. The van der Waals surface area contributed by atoms with Gasteiger partial charge in [0.1, 0.15) is 4.90 Å². The minimum atomic E-state index is -3.85. The highest BCUT2D eigenvalue weighted by atomic mass is 35.5. The summed E-state index contributed by atoms with van der Waals surface area (Å²) in [5.74, 6) is 0. The molecule has 1 aromatic heterocycles. The maximum atomic E-state index is 12.4. The Morgan fingerprint density at radius 1 is 1.14 bits per heavy atom. The quantitative estimate of drug-likeness (QED) is 0.923. The first-order valence-electron chi connectivity index (χ1n) is 5.91. The SMILES string of the molecule is CN(C)c1c(Cl)cccc1NS(=O)(=O)c1cnccc1Cl. The lowest BCUT2D eigenvalue weighted by Crippen LogP contribution is -2.18. The van der Waals surface area contributed by atoms with Gasteiger partial charge in [0.25, 0.3) is 10.0 Å². The van der Waals surface area contributed by atoms with Crippen molar-refractivity contribution in [1.82, 2.24) is 4.98 Å². The Labute approximate surface area is 133 Å². The summed E-state index contributed by atoms with van der Waals surface area (Å²) in [5, 5.41) is 0.545. The molecule has 0 fully saturated rings. The molecule has 0 spiro atoms. The van der Waals surface area contributed by atoms with Crippen LogP contribution in [0.25, 0.3) is 0 Å². The number of anilines is 2. The van der Waals surface area contributed by atoms with Crippen molar-refractivity contribution in [2.24, 2.45) is 0 Å². The molecule has 0 saturated heterocycles. The van der Waals surface area contributed by atoms with Crippen LogP contribution in [0.1, 0.15) is 0 Å². The third-order valence-corrected chi connectivity index (χ3v) is 4.84. The number of nitrogens with one attached hydrogen (secondary N) is 1. The van der Waals surface area contributed by atoms with Gasteiger partial charge in [-0.05, 0) is 18.2 Å². The molecule has 1 N–H and O–H groups in total. The monoisotopic (exact) mass is 345 g/mol. The maximum Gasteiger partial charge on any atom is 0.264 e. The van der Waals surface area contributed by atoms with Gasteiger partial charge in [-0.1, -0.05) is 29.3 Å². The van der Waals surface area contributed by atoms with Gasteiger partial charge in [0.15, 0.2) is 0 Å². The smallest absolute Gasteiger partial charge is 0.264 e. The second-order valence-corrected chi connectivity index (χ2v) is 6.91. The van der Waals surface area contributed by atoms with Gasteiger partial charge < -0.3 is 4.90 Å². The Hall–Kier alpha value is -1.50. The zero-order chi connectivity index (χ0) is 15.6. The van der Waals surface area contributed by atoms with Crippen LogP contribution in [-0.2, 0) is 10.0 Å². The number of pyridine rings is 1. The van der Waals surface area contributed by atoms with Gasteiger partial charge in [0.05, 0.1) is 21.4 Å². The van der Waals surface area contributed by atoms with Crippen LogP contribution >= 0.6 is 23.2 Å². The largest absolute Gasteiger partial charge is 0.375 e. The van der Waals surface area contributed by atoms with Gasteiger partial charge >= 0.3 is 0 Å². The Morgan fingerprint density at radius 2 is 1.86 bits per heavy atom. The number of halogens is 2. The third-order valence-electron chi connectivity index (χ3n) is 2.70. The van der Waals surface area contributed by atoms with E-state index in [0.717, 1.165) is 0 Å². The average molecular weight is 346 g/mol. The second kappa shape index (κ2) is 6.09. The predicted molar refractivity (Wildman–Crippen MR) is 85.8 cm³/mol. The fourth-order valence-electron chi connectivity index (χ4n) is 1.81. The molecular weight excluding hydrogens is 333 g/mol. The molecule has 112 valence electrons. The predicted octanol–water partition coefficient (Wildman–Crippen LogP) is 3.26. The molecule has 21 heavy (non-hydrogen) atoms. The van der Waals surface area contributed by atoms with E-state index in [2.05, 4.69) is 9.71 Å². The Bertz CT molecular complexity index is 764. The summed E-state index contributed by atoms with van der Waals surface area (Å²) in [5.41, 5.74) is 0.940. The normalized spacial score (nSPS) is 11.2. The molecule has 1 heterocycles. The highest BCUT2D eigenvalue weighted by Crippen LogP contribution is 2.34. The van der Waals surface area contributed by atoms with Gasteiger partial charge in [-0.2, -0.15) is 0 Å². The molecule has 0 unspecified atom stereocenters. The maximum absolute atomic E-state index is 12.4. The Morgan fingerprint density at radius 3 is 2.48 bits per heavy atom. The first kappa shape index (κ1) is 15.9. The van der Waals surface area contributed by atoms with E-state index in [1.54, 1.807) is 37.2 Å². The number of para-hydroxylation sites is 1. The lowest BCUT2D eigenvalue weighted by molar-refractivity contribution is 0.601. The van der Waals surface area contributed by atoms with Crippen LogP contribution in [0.3, 0.4) is 0 Å². The van der Waals surface area contributed by atoms with Crippen molar-refractivity contribution in [3.63, 3.8) is 0 Å². The van der Waals surface area contributed by atoms with Gasteiger partial charge in [0.2, 0.25) is 0 Å². The summed E-state index contributed by atoms with van der Waals surface area (Å²) in [4.78, 5) is 5.43. The van der Waals surface area contributed by atoms with Crippen LogP contribution in [0.2, 0.25) is 10.0 Å². The zero-order valence-electron chi connectivity index (χ0n) is 11.3. The minimum absolute atomic E-state index is 0.0867. The summed E-state index contributed by atoms with van der Waals surface area (Å²) >= 11 is 12.0. The molecular formula is C13H13Cl2N3O2S. The van der Waals surface area contributed by atoms with E-state index in [0.29, 0.717) is 16.4 Å². The Balaban J connectivity index is 2.48. The van der Waals surface area contributed by atoms with Crippen molar-refractivity contribution in [2.45, 2.75) is 4.90 Å². The van der Waals surface area contributed by atoms with Crippen molar-refractivity contribution in [2.75, 3.05) is 23.7 Å². The molecule has 0 aliphatic carbocycles. The second-order valence-electron chi connectivity index (χ2n) is 4.44. The number of rotatable bonds is 4. The van der Waals surface area contributed by atoms with Crippen LogP contribution in [0, 0.1) is 0 Å². The summed E-state index contributed by atoms with van der Waals surface area (Å²) in [6, 6.07) is 6.40. The molecule has 0 aliphatic heterocycles. The molecule has 8 heteroatoms. The van der Waals surface area contributed by atoms with Crippen LogP contribution < -0.4 is 9.62 Å². The zero-order valence-corrected chi connectivity index (χ0v) is 13.7. The molecule has 5 nitrogen and oxygen atoms in total. The van der Waals surface area contributed by atoms with E-state index in [1.807, 2.05) is 0 Å². The summed E-state index contributed by atoms with van der Waals surface area (Å²) in [6.45, 7) is 0. The van der Waals surface area contributed by atoms with E-state index >= 15 is 0 Å². The number of sulfonamides is 1. The molecule has 0 radical (unpaired) electrons. The van der Waals surface area contributed by atoms with Crippen LogP contribution in [0.4, 0.5) is 11.4 Å². The van der Waals surface area contributed by atoms with Gasteiger partial charge in [0, 0.05) is 26.5 Å². The highest BCUT2D eigenvalue weighted by molar-refractivity contribution is 7.92. The first-order valence-corrected chi connectivity index (χ1v) is 8.15. The molecule has 0 atom stereocenters. The summed E-state index contributed by atoms with van der Waals surface area (Å²) in [7, 11) is -0.299. The van der Waals surface area contributed by atoms with Crippen molar-refractivity contribution in [3.05, 3.63) is 46.7 Å². The van der Waals surface area contributed by atoms with Crippen molar-refractivity contribution in [3.8, 4) is 0 Å². The van der Waals surface area contributed by atoms with E-state index in [4.69, 9.17) is 23.2 Å². The first-order chi connectivity index (χ1) is 9.83. The number of nitrogens with zero attached hydrogens (tertiary/aromatic N) is 2. The van der Waals surface area contributed by atoms with E-state index in [-0.39, 0.29) is 9.92 Å². The van der Waals surface area contributed by atoms with Gasteiger partial charge in [-0.3, -0.25) is 9.71 Å².